The van der Waals surface area contributed by atoms with E-state index in [0.717, 1.165) is 6.42 Å². The third-order valence-corrected chi connectivity index (χ3v) is 6.20. The van der Waals surface area contributed by atoms with Crippen molar-refractivity contribution in [1.29, 1.82) is 0 Å². The molecule has 0 spiro atoms. The molecule has 2 saturated heterocycles. The molecule has 1 N–H and O–H groups in total. The van der Waals surface area contributed by atoms with Crippen molar-refractivity contribution in [2.45, 2.75) is 25.4 Å². The number of aliphatic hydroxyl groups is 1. The van der Waals surface area contributed by atoms with Crippen molar-refractivity contribution < 1.29 is 19.1 Å². The van der Waals surface area contributed by atoms with E-state index in [9.17, 15) is 14.0 Å². The Balaban J connectivity index is 0.000000172. The van der Waals surface area contributed by atoms with Crippen molar-refractivity contribution >= 4 is 11.8 Å². The summed E-state index contributed by atoms with van der Waals surface area (Å²) in [6.45, 7) is 2.60. The Hall–Kier alpha value is -3.51. The monoisotopic (exact) mass is 446 g/mol. The molecule has 6 heteroatoms. The van der Waals surface area contributed by atoms with E-state index in [0.29, 0.717) is 12.1 Å². The molecule has 0 saturated carbocycles. The van der Waals surface area contributed by atoms with Gasteiger partial charge in [0.1, 0.15) is 12.4 Å². The lowest BCUT2D eigenvalue weighted by atomic mass is 9.90. The fraction of sp³-hybridized carbons (Fsp3) is 0.259. The fourth-order valence-electron chi connectivity index (χ4n) is 4.44. The Morgan fingerprint density at radius 2 is 1.67 bits per heavy atom. The average Bonchev–Trinajstić information content (AvgIpc) is 2.81. The van der Waals surface area contributed by atoms with E-state index in [2.05, 4.69) is 55.5 Å². The molecule has 5 nitrogen and oxygen atoms in total. The predicted octanol–water partition coefficient (Wildman–Crippen LogP) is 3.91. The van der Waals surface area contributed by atoms with Crippen LogP contribution in [0.25, 0.3) is 11.1 Å². The number of aliphatic hydroxyl groups excluding tert-OH is 1. The molecule has 2 atom stereocenters. The van der Waals surface area contributed by atoms with Crippen molar-refractivity contribution in [3.05, 3.63) is 95.8 Å². The van der Waals surface area contributed by atoms with Gasteiger partial charge in [0.2, 0.25) is 5.91 Å². The zero-order chi connectivity index (χ0) is 23.4. The Labute approximate surface area is 193 Å². The highest BCUT2D eigenvalue weighted by atomic mass is 19.1. The van der Waals surface area contributed by atoms with Gasteiger partial charge in [-0.15, -0.1) is 0 Å². The number of benzene rings is 3. The molecule has 0 aromatic heterocycles. The normalized spacial score (nSPS) is 19.2. The van der Waals surface area contributed by atoms with E-state index in [-0.39, 0.29) is 37.0 Å². The highest BCUT2D eigenvalue weighted by Gasteiger charge is 2.46. The van der Waals surface area contributed by atoms with Crippen LogP contribution in [-0.2, 0) is 4.79 Å². The van der Waals surface area contributed by atoms with E-state index >= 15 is 0 Å². The number of carbonyl (C=O) groups is 2. The summed E-state index contributed by atoms with van der Waals surface area (Å²) < 4.78 is 12.8. The van der Waals surface area contributed by atoms with Crippen molar-refractivity contribution in [2.24, 2.45) is 0 Å². The predicted molar refractivity (Wildman–Crippen MR) is 125 cm³/mol. The molecular formula is C27H27FN2O3. The third kappa shape index (κ3) is 4.96. The van der Waals surface area contributed by atoms with Crippen LogP contribution in [0.5, 0.6) is 0 Å². The van der Waals surface area contributed by atoms with Crippen molar-refractivity contribution in [3.63, 3.8) is 0 Å². The molecule has 2 amide bonds. The van der Waals surface area contributed by atoms with Crippen LogP contribution >= 0.6 is 0 Å². The fourth-order valence-corrected chi connectivity index (χ4v) is 4.44. The van der Waals surface area contributed by atoms with Gasteiger partial charge in [-0.2, -0.15) is 0 Å². The summed E-state index contributed by atoms with van der Waals surface area (Å²) in [5, 5.41) is 9.11. The van der Waals surface area contributed by atoms with E-state index in [1.54, 1.807) is 4.90 Å². The van der Waals surface area contributed by atoms with Crippen LogP contribution in [0, 0.1) is 12.7 Å². The summed E-state index contributed by atoms with van der Waals surface area (Å²) in [7, 11) is 0. The zero-order valence-corrected chi connectivity index (χ0v) is 18.5. The number of hydrogen-bond donors (Lipinski definition) is 1. The standard InChI is InChI=1S/C14H15FN2O3.C13H12/c15-10-3-1-9(2-4-10)14(20)16-6-11-5-12(8-18)17(11)13(19)7-16;1-11-7-5-6-10-13(11)12-8-3-2-4-9-12/h1-4,11-12,18H,5-8H2;2-10H,1H3/t11-,12?;/m1./s1. The number of fused-ring (bicyclic) bond motifs is 1. The number of aryl methyl sites for hydroxylation is 1. The van der Waals surface area contributed by atoms with Crippen LogP contribution in [-0.4, -0.2) is 58.5 Å². The number of nitrogens with zero attached hydrogens (tertiary/aromatic N) is 2. The van der Waals surface area contributed by atoms with E-state index < -0.39 is 5.82 Å². The Morgan fingerprint density at radius 3 is 2.30 bits per heavy atom. The lowest BCUT2D eigenvalue weighted by Crippen LogP contribution is -2.69. The molecular weight excluding hydrogens is 419 g/mol. The molecule has 170 valence electrons. The maximum atomic E-state index is 12.8. The molecule has 3 aromatic carbocycles. The molecule has 2 fully saturated rings. The third-order valence-electron chi connectivity index (χ3n) is 6.20. The smallest absolute Gasteiger partial charge is 0.254 e. The maximum Gasteiger partial charge on any atom is 0.254 e. The van der Waals surface area contributed by atoms with Crippen molar-refractivity contribution in [2.75, 3.05) is 19.7 Å². The summed E-state index contributed by atoms with van der Waals surface area (Å²) in [5.41, 5.74) is 4.32. The van der Waals surface area contributed by atoms with Gasteiger partial charge < -0.3 is 14.9 Å². The minimum atomic E-state index is -0.396. The van der Waals surface area contributed by atoms with Gasteiger partial charge in [0.15, 0.2) is 0 Å². The van der Waals surface area contributed by atoms with E-state index in [4.69, 9.17) is 5.11 Å². The highest BCUT2D eigenvalue weighted by Crippen LogP contribution is 2.30. The number of piperazine rings is 1. The lowest BCUT2D eigenvalue weighted by Gasteiger charge is -2.53. The van der Waals surface area contributed by atoms with Crippen molar-refractivity contribution in [1.82, 2.24) is 9.80 Å². The summed E-state index contributed by atoms with van der Waals surface area (Å²) in [6.07, 6.45) is 0.718. The second kappa shape index (κ2) is 9.96. The molecule has 3 aromatic rings. The zero-order valence-electron chi connectivity index (χ0n) is 18.5. The lowest BCUT2D eigenvalue weighted by molar-refractivity contribution is -0.155. The summed E-state index contributed by atoms with van der Waals surface area (Å²) in [6, 6.07) is 24.1. The Morgan fingerprint density at radius 1 is 1.00 bits per heavy atom. The maximum absolute atomic E-state index is 12.8. The van der Waals surface area contributed by atoms with Crippen LogP contribution in [0.15, 0.2) is 78.9 Å². The van der Waals surface area contributed by atoms with Crippen LogP contribution in [0.3, 0.4) is 0 Å². The quantitative estimate of drug-likeness (QED) is 0.664. The summed E-state index contributed by atoms with van der Waals surface area (Å²) in [4.78, 5) is 27.4. The molecule has 2 aliphatic heterocycles. The summed E-state index contributed by atoms with van der Waals surface area (Å²) in [5.74, 6) is -0.792. The number of hydrogen-bond acceptors (Lipinski definition) is 3. The first-order valence-electron chi connectivity index (χ1n) is 11.1. The number of amides is 2. The first-order chi connectivity index (χ1) is 16.0. The van der Waals surface area contributed by atoms with E-state index in [1.165, 1.54) is 45.9 Å². The Kier molecular flexibility index (Phi) is 6.84. The summed E-state index contributed by atoms with van der Waals surface area (Å²) >= 11 is 0. The van der Waals surface area contributed by atoms with Gasteiger partial charge in [-0.3, -0.25) is 9.59 Å². The molecule has 0 radical (unpaired) electrons. The SMILES string of the molecule is Cc1ccccc1-c1ccccc1.O=C(c1ccc(F)cc1)N1CC(=O)N2C(CO)C[C@@H]2C1. The molecule has 33 heavy (non-hydrogen) atoms. The largest absolute Gasteiger partial charge is 0.394 e. The second-order valence-corrected chi connectivity index (χ2v) is 8.40. The van der Waals surface area contributed by atoms with Gasteiger partial charge in [-0.25, -0.2) is 4.39 Å². The van der Waals surface area contributed by atoms with Gasteiger partial charge in [-0.1, -0.05) is 54.6 Å². The molecule has 2 heterocycles. The van der Waals surface area contributed by atoms with Gasteiger partial charge in [-0.05, 0) is 54.3 Å². The topological polar surface area (TPSA) is 60.9 Å². The number of carbonyl (C=O) groups excluding carboxylic acids is 2. The first kappa shape index (κ1) is 22.7. The molecule has 0 bridgehead atoms. The average molecular weight is 447 g/mol. The Bertz CT molecular complexity index is 1120. The molecule has 2 aliphatic rings. The molecule has 5 rings (SSSR count). The van der Waals surface area contributed by atoms with Crippen LogP contribution < -0.4 is 0 Å². The van der Waals surface area contributed by atoms with E-state index in [1.807, 2.05) is 6.07 Å². The second-order valence-electron chi connectivity index (χ2n) is 8.40. The van der Waals surface area contributed by atoms with Crippen molar-refractivity contribution in [3.8, 4) is 11.1 Å². The number of rotatable bonds is 3. The highest BCUT2D eigenvalue weighted by molar-refractivity contribution is 5.97. The van der Waals surface area contributed by atoms with Gasteiger partial charge in [0, 0.05) is 12.1 Å². The van der Waals surface area contributed by atoms with Gasteiger partial charge in [0.05, 0.1) is 18.7 Å². The minimum Gasteiger partial charge on any atom is -0.394 e. The number of halogens is 1. The molecule has 0 aliphatic carbocycles. The van der Waals surface area contributed by atoms with Crippen LogP contribution in [0.1, 0.15) is 22.3 Å². The van der Waals surface area contributed by atoms with Crippen LogP contribution in [0.2, 0.25) is 0 Å². The molecule has 1 unspecified atom stereocenters. The van der Waals surface area contributed by atoms with Crippen LogP contribution in [0.4, 0.5) is 4.39 Å². The van der Waals surface area contributed by atoms with Gasteiger partial charge >= 0.3 is 0 Å². The van der Waals surface area contributed by atoms with Gasteiger partial charge in [0.25, 0.3) is 5.91 Å². The first-order valence-corrected chi connectivity index (χ1v) is 11.1. The minimum absolute atomic E-state index is 0.00204.